The molecular formula is C14H19NO5S. The Morgan fingerprint density at radius 3 is 2.62 bits per heavy atom. The van der Waals surface area contributed by atoms with Crippen molar-refractivity contribution in [1.82, 2.24) is 4.31 Å². The van der Waals surface area contributed by atoms with Gasteiger partial charge in [-0.15, -0.1) is 0 Å². The molecule has 1 aromatic carbocycles. The van der Waals surface area contributed by atoms with Crippen LogP contribution in [0.3, 0.4) is 0 Å². The number of benzene rings is 1. The Labute approximate surface area is 124 Å². The van der Waals surface area contributed by atoms with Gasteiger partial charge in [-0.25, -0.2) is 8.42 Å². The predicted octanol–water partition coefficient (Wildman–Crippen LogP) is 1.71. The number of aliphatic carboxylic acids is 1. The molecule has 7 heteroatoms. The summed E-state index contributed by atoms with van der Waals surface area (Å²) in [6, 6.07) is 5.13. The SMILES string of the molecule is CCCOc1ccc(S(=O)(=O)N2CCC[C@@H]2C(=O)O)cc1. The van der Waals surface area contributed by atoms with E-state index >= 15 is 0 Å². The van der Waals surface area contributed by atoms with E-state index in [0.29, 0.717) is 25.2 Å². The van der Waals surface area contributed by atoms with Gasteiger partial charge < -0.3 is 9.84 Å². The molecule has 1 heterocycles. The summed E-state index contributed by atoms with van der Waals surface area (Å²) in [7, 11) is -3.77. The Bertz CT molecular complexity index is 596. The Morgan fingerprint density at radius 1 is 1.38 bits per heavy atom. The normalized spacial score (nSPS) is 19.6. The summed E-state index contributed by atoms with van der Waals surface area (Å²) < 4.78 is 31.5. The number of hydrogen-bond donors (Lipinski definition) is 1. The lowest BCUT2D eigenvalue weighted by Crippen LogP contribution is -2.40. The van der Waals surface area contributed by atoms with Gasteiger partial charge in [-0.2, -0.15) is 4.31 Å². The quantitative estimate of drug-likeness (QED) is 0.864. The third-order valence-electron chi connectivity index (χ3n) is 3.39. The highest BCUT2D eigenvalue weighted by Gasteiger charge is 2.39. The van der Waals surface area contributed by atoms with E-state index in [1.807, 2.05) is 6.92 Å². The number of nitrogens with zero attached hydrogens (tertiary/aromatic N) is 1. The van der Waals surface area contributed by atoms with Crippen LogP contribution in [0.4, 0.5) is 0 Å². The van der Waals surface area contributed by atoms with Gasteiger partial charge in [-0.3, -0.25) is 4.79 Å². The Hall–Kier alpha value is -1.60. The molecule has 0 saturated carbocycles. The molecule has 0 unspecified atom stereocenters. The summed E-state index contributed by atoms with van der Waals surface area (Å²) in [6.07, 6.45) is 1.79. The van der Waals surface area contributed by atoms with Crippen LogP contribution in [0.15, 0.2) is 29.2 Å². The summed E-state index contributed by atoms with van der Waals surface area (Å²) in [5.74, 6) is -0.494. The van der Waals surface area contributed by atoms with E-state index < -0.39 is 22.0 Å². The zero-order valence-corrected chi connectivity index (χ0v) is 12.7. The van der Waals surface area contributed by atoms with Crippen LogP contribution >= 0.6 is 0 Å². The first-order valence-electron chi connectivity index (χ1n) is 6.94. The van der Waals surface area contributed by atoms with Gasteiger partial charge in [0.2, 0.25) is 10.0 Å². The van der Waals surface area contributed by atoms with E-state index in [1.54, 1.807) is 12.1 Å². The van der Waals surface area contributed by atoms with Gasteiger partial charge in [0, 0.05) is 6.54 Å². The van der Waals surface area contributed by atoms with E-state index in [1.165, 1.54) is 12.1 Å². The van der Waals surface area contributed by atoms with Crippen LogP contribution in [0, 0.1) is 0 Å². The van der Waals surface area contributed by atoms with E-state index in [0.717, 1.165) is 10.7 Å². The number of carboxylic acids is 1. The van der Waals surface area contributed by atoms with Crippen LogP contribution in [0.25, 0.3) is 0 Å². The largest absolute Gasteiger partial charge is 0.494 e. The van der Waals surface area contributed by atoms with Crippen LogP contribution in [-0.2, 0) is 14.8 Å². The fourth-order valence-electron chi connectivity index (χ4n) is 2.34. The monoisotopic (exact) mass is 313 g/mol. The average molecular weight is 313 g/mol. The molecule has 0 aromatic heterocycles. The zero-order valence-electron chi connectivity index (χ0n) is 11.9. The van der Waals surface area contributed by atoms with Gasteiger partial charge in [0.05, 0.1) is 11.5 Å². The van der Waals surface area contributed by atoms with Crippen molar-refractivity contribution in [1.29, 1.82) is 0 Å². The summed E-state index contributed by atoms with van der Waals surface area (Å²) >= 11 is 0. The fraction of sp³-hybridized carbons (Fsp3) is 0.500. The molecule has 1 aliphatic rings. The topological polar surface area (TPSA) is 83.9 Å². The third-order valence-corrected chi connectivity index (χ3v) is 5.31. The Kier molecular flexibility index (Phi) is 4.84. The molecule has 1 saturated heterocycles. The highest BCUT2D eigenvalue weighted by Crippen LogP contribution is 2.27. The summed E-state index contributed by atoms with van der Waals surface area (Å²) in [5, 5.41) is 9.11. The minimum Gasteiger partial charge on any atom is -0.494 e. The second kappa shape index (κ2) is 6.44. The van der Waals surface area contributed by atoms with Crippen LogP contribution in [0.5, 0.6) is 5.75 Å². The van der Waals surface area contributed by atoms with Crippen molar-refractivity contribution >= 4 is 16.0 Å². The van der Waals surface area contributed by atoms with Gasteiger partial charge in [0.25, 0.3) is 0 Å². The molecule has 0 spiro atoms. The molecule has 21 heavy (non-hydrogen) atoms. The van der Waals surface area contributed by atoms with Gasteiger partial charge in [-0.05, 0) is 43.5 Å². The lowest BCUT2D eigenvalue weighted by atomic mass is 10.2. The van der Waals surface area contributed by atoms with Crippen molar-refractivity contribution in [3.8, 4) is 5.75 Å². The standard InChI is InChI=1S/C14H19NO5S/c1-2-10-20-11-5-7-12(8-6-11)21(18,19)15-9-3-4-13(15)14(16)17/h5-8,13H,2-4,9-10H2,1H3,(H,16,17)/t13-/m1/s1. The van der Waals surface area contributed by atoms with Gasteiger partial charge >= 0.3 is 5.97 Å². The maximum atomic E-state index is 12.5. The molecule has 1 fully saturated rings. The van der Waals surface area contributed by atoms with Crippen LogP contribution < -0.4 is 4.74 Å². The molecule has 1 aliphatic heterocycles. The Morgan fingerprint density at radius 2 is 2.05 bits per heavy atom. The molecule has 0 radical (unpaired) electrons. The first kappa shape index (κ1) is 15.8. The molecule has 2 rings (SSSR count). The van der Waals surface area contributed by atoms with E-state index in [9.17, 15) is 13.2 Å². The number of carboxylic acid groups (broad SMARTS) is 1. The van der Waals surface area contributed by atoms with Crippen molar-refractivity contribution in [2.24, 2.45) is 0 Å². The lowest BCUT2D eigenvalue weighted by molar-refractivity contribution is -0.140. The van der Waals surface area contributed by atoms with Crippen molar-refractivity contribution in [3.05, 3.63) is 24.3 Å². The van der Waals surface area contributed by atoms with Gasteiger partial charge in [0.1, 0.15) is 11.8 Å². The number of rotatable bonds is 6. The molecule has 1 N–H and O–H groups in total. The summed E-state index contributed by atoms with van der Waals surface area (Å²) in [4.78, 5) is 11.2. The molecule has 0 aliphatic carbocycles. The highest BCUT2D eigenvalue weighted by molar-refractivity contribution is 7.89. The first-order valence-corrected chi connectivity index (χ1v) is 8.38. The predicted molar refractivity (Wildman–Crippen MR) is 76.8 cm³/mol. The minimum atomic E-state index is -3.77. The maximum Gasteiger partial charge on any atom is 0.322 e. The van der Waals surface area contributed by atoms with E-state index in [4.69, 9.17) is 9.84 Å². The Balaban J connectivity index is 2.21. The summed E-state index contributed by atoms with van der Waals surface area (Å²) in [6.45, 7) is 2.80. The second-order valence-corrected chi connectivity index (χ2v) is 6.82. The van der Waals surface area contributed by atoms with Crippen molar-refractivity contribution in [3.63, 3.8) is 0 Å². The molecule has 116 valence electrons. The number of hydrogen-bond acceptors (Lipinski definition) is 4. The van der Waals surface area contributed by atoms with Crippen LogP contribution in [0.1, 0.15) is 26.2 Å². The van der Waals surface area contributed by atoms with E-state index in [2.05, 4.69) is 0 Å². The van der Waals surface area contributed by atoms with Gasteiger partial charge in [-0.1, -0.05) is 6.92 Å². The van der Waals surface area contributed by atoms with Crippen molar-refractivity contribution in [2.45, 2.75) is 37.1 Å². The number of carbonyl (C=O) groups is 1. The minimum absolute atomic E-state index is 0.0968. The number of sulfonamides is 1. The average Bonchev–Trinajstić information content (AvgIpc) is 2.96. The zero-order chi connectivity index (χ0) is 15.5. The van der Waals surface area contributed by atoms with E-state index in [-0.39, 0.29) is 11.4 Å². The molecule has 0 amide bonds. The van der Waals surface area contributed by atoms with Gasteiger partial charge in [0.15, 0.2) is 0 Å². The summed E-state index contributed by atoms with van der Waals surface area (Å²) in [5.41, 5.74) is 0. The third kappa shape index (κ3) is 3.36. The van der Waals surface area contributed by atoms with Crippen molar-refractivity contribution < 1.29 is 23.1 Å². The fourth-order valence-corrected chi connectivity index (χ4v) is 3.99. The lowest BCUT2D eigenvalue weighted by Gasteiger charge is -2.21. The smallest absolute Gasteiger partial charge is 0.322 e. The van der Waals surface area contributed by atoms with Crippen molar-refractivity contribution in [2.75, 3.05) is 13.2 Å². The van der Waals surface area contributed by atoms with Crippen LogP contribution in [-0.4, -0.2) is 43.0 Å². The first-order chi connectivity index (χ1) is 9.96. The number of ether oxygens (including phenoxy) is 1. The molecular weight excluding hydrogens is 294 g/mol. The van der Waals surface area contributed by atoms with Crippen LogP contribution in [0.2, 0.25) is 0 Å². The molecule has 1 atom stereocenters. The maximum absolute atomic E-state index is 12.5. The highest BCUT2D eigenvalue weighted by atomic mass is 32.2. The molecule has 6 nitrogen and oxygen atoms in total. The second-order valence-electron chi connectivity index (χ2n) is 4.93. The molecule has 0 bridgehead atoms. The molecule has 1 aromatic rings.